The van der Waals surface area contributed by atoms with Crippen molar-refractivity contribution in [3.63, 3.8) is 0 Å². The van der Waals surface area contributed by atoms with E-state index in [1.807, 2.05) is 0 Å². The molecule has 2 aliphatic rings. The molecular formula is C19H25N8O10S3+. The Balaban J connectivity index is 0.000000810. The lowest BCUT2D eigenvalue weighted by Crippen LogP contribution is -2.71. The molecule has 1 saturated heterocycles. The summed E-state index contributed by atoms with van der Waals surface area (Å²) >= 11 is 2.44. The number of nitrogens with zero attached hydrogens (tertiary/aromatic N) is 5. The van der Waals surface area contributed by atoms with Crippen LogP contribution in [0.15, 0.2) is 34.1 Å². The van der Waals surface area contributed by atoms with Gasteiger partial charge in [0.2, 0.25) is 0 Å². The molecule has 2 aromatic rings. The number of carbonyl (C=O) groups is 3. The van der Waals surface area contributed by atoms with Gasteiger partial charge in [-0.2, -0.15) is 8.42 Å². The third-order valence-corrected chi connectivity index (χ3v) is 7.40. The molecule has 0 aromatic carbocycles. The molecule has 4 heterocycles. The van der Waals surface area contributed by atoms with E-state index in [9.17, 15) is 24.6 Å². The van der Waals surface area contributed by atoms with Gasteiger partial charge in [0.1, 0.15) is 36.5 Å². The van der Waals surface area contributed by atoms with Crippen molar-refractivity contribution in [2.75, 3.05) is 30.9 Å². The first-order valence-corrected chi connectivity index (χ1v) is 14.3. The predicted octanol–water partition coefficient (Wildman–Crippen LogP) is -2.47. The van der Waals surface area contributed by atoms with Gasteiger partial charge >= 0.3 is 16.4 Å². The Hall–Kier alpha value is -3.76. The monoisotopic (exact) mass is 621 g/mol. The number of nitrogens with one attached hydrogen (secondary N) is 1. The van der Waals surface area contributed by atoms with Gasteiger partial charge < -0.3 is 31.8 Å². The van der Waals surface area contributed by atoms with E-state index in [0.29, 0.717) is 17.1 Å². The van der Waals surface area contributed by atoms with Gasteiger partial charge in [-0.05, 0) is 0 Å². The second kappa shape index (κ2) is 12.6. The zero-order valence-corrected chi connectivity index (χ0v) is 23.0. The molecule has 1 fully saturated rings. The number of carboxylic acid groups (broad SMARTS) is 1. The predicted molar refractivity (Wildman–Crippen MR) is 140 cm³/mol. The summed E-state index contributed by atoms with van der Waals surface area (Å²) in [5.74, 6) is -1.79. The number of hydrogen-bond donors (Lipinski definition) is 7. The fourth-order valence-corrected chi connectivity index (χ4v) is 5.75. The van der Waals surface area contributed by atoms with E-state index in [2.05, 4.69) is 15.5 Å². The number of aliphatic hydroxyl groups excluding tert-OH is 1. The Morgan fingerprint density at radius 1 is 1.35 bits per heavy atom. The number of fused-ring (bicyclic) bond motifs is 1. The summed E-state index contributed by atoms with van der Waals surface area (Å²) in [6.45, 7) is 0.251. The van der Waals surface area contributed by atoms with Gasteiger partial charge in [0.05, 0.1) is 12.7 Å². The van der Waals surface area contributed by atoms with Gasteiger partial charge in [-0.25, -0.2) is 9.78 Å². The number of β-lactam (4-membered cyclic amide) rings is 1. The molecule has 2 aliphatic heterocycles. The van der Waals surface area contributed by atoms with Crippen molar-refractivity contribution in [1.29, 1.82) is 0 Å². The van der Waals surface area contributed by atoms with Gasteiger partial charge in [-0.1, -0.05) is 5.16 Å². The van der Waals surface area contributed by atoms with E-state index in [0.717, 1.165) is 11.3 Å². The van der Waals surface area contributed by atoms with E-state index < -0.39 is 39.6 Å². The second-order valence-corrected chi connectivity index (χ2v) is 10.8. The molecule has 0 unspecified atom stereocenters. The second-order valence-electron chi connectivity index (χ2n) is 7.94. The maximum Gasteiger partial charge on any atom is 0.394 e. The number of thioether (sulfide) groups is 1. The lowest BCUT2D eigenvalue weighted by molar-refractivity contribution is -0.767. The Bertz CT molecular complexity index is 1460. The zero-order valence-electron chi connectivity index (χ0n) is 20.6. The van der Waals surface area contributed by atoms with Crippen molar-refractivity contribution < 1.29 is 51.6 Å². The van der Waals surface area contributed by atoms with Gasteiger partial charge in [0.15, 0.2) is 29.4 Å². The number of carboxylic acids is 1. The molecule has 40 heavy (non-hydrogen) atoms. The Morgan fingerprint density at radius 2 is 2.02 bits per heavy atom. The average Bonchev–Trinajstić information content (AvgIpc) is 3.45. The molecule has 18 nitrogen and oxygen atoms in total. The minimum atomic E-state index is -4.67. The quantitative estimate of drug-likeness (QED) is 0.0502. The molecular weight excluding hydrogens is 596 g/mol. The van der Waals surface area contributed by atoms with Crippen molar-refractivity contribution in [2.45, 2.75) is 24.5 Å². The van der Waals surface area contributed by atoms with Gasteiger partial charge in [-0.3, -0.25) is 23.6 Å². The molecule has 2 aromatic heterocycles. The van der Waals surface area contributed by atoms with E-state index in [1.165, 1.54) is 29.2 Å². The minimum Gasteiger partial charge on any atom is -0.477 e. The highest BCUT2D eigenvalue weighted by molar-refractivity contribution is 8.00. The number of aliphatic hydroxyl groups is 1. The van der Waals surface area contributed by atoms with Crippen molar-refractivity contribution in [2.24, 2.45) is 5.16 Å². The molecule has 0 saturated carbocycles. The highest BCUT2D eigenvalue weighted by atomic mass is 32.3. The summed E-state index contributed by atoms with van der Waals surface area (Å²) in [5, 5.41) is 26.7. The first-order valence-electron chi connectivity index (χ1n) is 11.0. The number of aromatic nitrogens is 3. The fraction of sp³-hybridized carbons (Fsp3) is 0.368. The van der Waals surface area contributed by atoms with Crippen LogP contribution in [0.1, 0.15) is 5.69 Å². The highest BCUT2D eigenvalue weighted by Gasteiger charge is 2.55. The molecule has 9 N–H and O–H groups in total. The lowest BCUT2D eigenvalue weighted by atomic mass is 10.0. The van der Waals surface area contributed by atoms with Crippen LogP contribution in [0.5, 0.6) is 0 Å². The molecule has 2 atom stereocenters. The summed E-state index contributed by atoms with van der Waals surface area (Å²) in [4.78, 5) is 47.9. The molecule has 0 bridgehead atoms. The smallest absolute Gasteiger partial charge is 0.394 e. The largest absolute Gasteiger partial charge is 0.477 e. The standard InChI is InChI=1S/C19H22N8O6S2.H2O4S/c1-33-24-12(10-8-35-19(21)22-10)15(29)23-13-16(30)27-14(18(31)32)9(7-34-17(13)27)6-25-3-2-11(20)26(25)4-5-28;1-5(2,3)4/h2-3,8,13,17,20,28H,4-7H2,1H3,(H4,21,22,23,29,31,32);(H2,1,2,3,4)/p+1/b24-12-;/t13-,17-;/m1./s1. The van der Waals surface area contributed by atoms with E-state index in [1.54, 1.807) is 21.6 Å². The molecule has 21 heteroatoms. The number of nitrogen functional groups attached to an aromatic ring is 2. The van der Waals surface area contributed by atoms with Crippen LogP contribution in [-0.4, -0.2) is 96.7 Å². The Morgan fingerprint density at radius 3 is 2.58 bits per heavy atom. The lowest BCUT2D eigenvalue weighted by Gasteiger charge is -2.49. The van der Waals surface area contributed by atoms with Crippen molar-refractivity contribution >= 4 is 67.9 Å². The first kappa shape index (κ1) is 30.8. The van der Waals surface area contributed by atoms with Crippen LogP contribution in [0.4, 0.5) is 10.9 Å². The van der Waals surface area contributed by atoms with Crippen LogP contribution < -0.4 is 21.5 Å². The van der Waals surface area contributed by atoms with Crippen LogP contribution in [0.3, 0.4) is 0 Å². The number of aliphatic carboxylic acids is 1. The summed E-state index contributed by atoms with van der Waals surface area (Å²) in [5.41, 5.74) is 12.0. The van der Waals surface area contributed by atoms with Crippen molar-refractivity contribution in [1.82, 2.24) is 19.9 Å². The van der Waals surface area contributed by atoms with Crippen LogP contribution >= 0.6 is 23.1 Å². The van der Waals surface area contributed by atoms with Crippen molar-refractivity contribution in [3.05, 3.63) is 34.6 Å². The summed E-state index contributed by atoms with van der Waals surface area (Å²) in [6, 6.07) is 0.688. The van der Waals surface area contributed by atoms with Crippen LogP contribution in [0, 0.1) is 0 Å². The first-order chi connectivity index (χ1) is 18.8. The SMILES string of the molecule is CO/N=C(\C(=O)N[C@@H]1C(=O)N2C(C(=O)O)=C(C[n+]3ccc(N)n3CCO)CS[C@H]12)c1csc(N)n1.O=S(=O)(O)O. The van der Waals surface area contributed by atoms with Crippen LogP contribution in [0.2, 0.25) is 0 Å². The Kier molecular flexibility index (Phi) is 9.70. The topological polar surface area (TPSA) is 277 Å². The third kappa shape index (κ3) is 7.05. The van der Waals surface area contributed by atoms with Gasteiger partial charge in [0, 0.05) is 16.7 Å². The summed E-state index contributed by atoms with van der Waals surface area (Å²) in [6.07, 6.45) is 1.68. The third-order valence-electron chi connectivity index (χ3n) is 5.39. The molecule has 218 valence electrons. The van der Waals surface area contributed by atoms with Crippen molar-refractivity contribution in [3.8, 4) is 0 Å². The summed E-state index contributed by atoms with van der Waals surface area (Å²) < 4.78 is 34.9. The number of anilines is 2. The number of rotatable bonds is 9. The number of thiazole rings is 1. The molecule has 4 rings (SSSR count). The van der Waals surface area contributed by atoms with Gasteiger partial charge in [0.25, 0.3) is 11.8 Å². The molecule has 2 amide bonds. The molecule has 0 aliphatic carbocycles. The fourth-order valence-electron chi connectivity index (χ4n) is 3.87. The highest BCUT2D eigenvalue weighted by Crippen LogP contribution is 2.40. The maximum atomic E-state index is 13.0. The number of nitrogens with two attached hydrogens (primary N) is 2. The maximum absolute atomic E-state index is 13.0. The number of carbonyl (C=O) groups excluding carboxylic acids is 2. The van der Waals surface area contributed by atoms with Crippen LogP contribution in [-0.2, 0) is 42.7 Å². The van der Waals surface area contributed by atoms with E-state index >= 15 is 0 Å². The minimum absolute atomic E-state index is 0.134. The summed E-state index contributed by atoms with van der Waals surface area (Å²) in [7, 11) is -3.40. The number of oxime groups is 1. The molecule has 0 radical (unpaired) electrons. The van der Waals surface area contributed by atoms with Gasteiger partial charge in [-0.15, -0.1) is 32.5 Å². The van der Waals surface area contributed by atoms with Crippen LogP contribution in [0.25, 0.3) is 0 Å². The van der Waals surface area contributed by atoms with E-state index in [4.69, 9.17) is 33.8 Å². The molecule has 0 spiro atoms. The normalized spacial score (nSPS) is 18.9. The Labute approximate surface area is 234 Å². The number of hydrogen-bond acceptors (Lipinski definition) is 13. The zero-order chi connectivity index (χ0) is 29.8. The van der Waals surface area contributed by atoms with E-state index in [-0.39, 0.29) is 41.9 Å². The number of amides is 2. The average molecular weight is 622 g/mol.